The third-order valence-corrected chi connectivity index (χ3v) is 2.68. The van der Waals surface area contributed by atoms with Crippen LogP contribution in [0.15, 0.2) is 22.6 Å². The maximum atomic E-state index is 13.2. The molecule has 0 amide bonds. The monoisotopic (exact) mass is 234 g/mol. The molecule has 0 atom stereocenters. The molecule has 0 bridgehead atoms. The van der Waals surface area contributed by atoms with Gasteiger partial charge in [0.25, 0.3) is 0 Å². The Morgan fingerprint density at radius 3 is 2.76 bits per heavy atom. The highest BCUT2D eigenvalue weighted by molar-refractivity contribution is 5.55. The van der Waals surface area contributed by atoms with E-state index < -0.39 is 0 Å². The largest absolute Gasteiger partial charge is 0.441 e. The second-order valence-corrected chi connectivity index (χ2v) is 4.02. The maximum absolute atomic E-state index is 13.2. The summed E-state index contributed by atoms with van der Waals surface area (Å²) in [6, 6.07) is 4.82. The summed E-state index contributed by atoms with van der Waals surface area (Å²) in [6.45, 7) is 4.11. The van der Waals surface area contributed by atoms with Gasteiger partial charge in [0.05, 0.1) is 5.69 Å². The molecule has 4 heteroatoms. The van der Waals surface area contributed by atoms with Gasteiger partial charge in [0.15, 0.2) is 0 Å². The van der Waals surface area contributed by atoms with Crippen molar-refractivity contribution in [2.75, 3.05) is 6.54 Å². The van der Waals surface area contributed by atoms with E-state index in [1.165, 1.54) is 6.07 Å². The van der Waals surface area contributed by atoms with Gasteiger partial charge >= 0.3 is 0 Å². The molecular weight excluding hydrogens is 219 g/mol. The van der Waals surface area contributed by atoms with Crippen molar-refractivity contribution >= 4 is 0 Å². The van der Waals surface area contributed by atoms with E-state index in [2.05, 4.69) is 4.98 Å². The molecule has 0 unspecified atom stereocenters. The molecule has 0 saturated heterocycles. The Hall–Kier alpha value is -1.68. The lowest BCUT2D eigenvalue weighted by Crippen LogP contribution is -2.03. The fraction of sp³-hybridized carbons (Fsp3) is 0.308. The van der Waals surface area contributed by atoms with Crippen LogP contribution in [0.3, 0.4) is 0 Å². The van der Waals surface area contributed by atoms with Crippen molar-refractivity contribution in [1.29, 1.82) is 0 Å². The molecule has 90 valence electrons. The number of halogens is 1. The van der Waals surface area contributed by atoms with E-state index in [1.807, 2.05) is 6.92 Å². The number of hydrogen-bond acceptors (Lipinski definition) is 3. The third kappa shape index (κ3) is 2.36. The number of aromatic nitrogens is 1. The first kappa shape index (κ1) is 11.8. The average molecular weight is 234 g/mol. The summed E-state index contributed by atoms with van der Waals surface area (Å²) < 4.78 is 18.7. The molecule has 0 aliphatic rings. The Balaban J connectivity index is 2.39. The van der Waals surface area contributed by atoms with Gasteiger partial charge in [-0.15, -0.1) is 0 Å². The van der Waals surface area contributed by atoms with Gasteiger partial charge in [0, 0.05) is 12.0 Å². The van der Waals surface area contributed by atoms with Crippen LogP contribution < -0.4 is 5.73 Å². The Kier molecular flexibility index (Phi) is 3.24. The molecular formula is C13H15FN2O. The topological polar surface area (TPSA) is 52.0 Å². The zero-order chi connectivity index (χ0) is 12.4. The van der Waals surface area contributed by atoms with Crippen LogP contribution in [0.1, 0.15) is 17.0 Å². The molecule has 1 aromatic heterocycles. The SMILES string of the molecule is Cc1cc(-c2nc(CCN)c(C)o2)ccc1F. The molecule has 0 aliphatic heterocycles. The van der Waals surface area contributed by atoms with Crippen molar-refractivity contribution in [1.82, 2.24) is 4.98 Å². The van der Waals surface area contributed by atoms with Crippen LogP contribution in [-0.4, -0.2) is 11.5 Å². The number of rotatable bonds is 3. The number of oxazole rings is 1. The minimum absolute atomic E-state index is 0.223. The molecule has 2 aromatic rings. The van der Waals surface area contributed by atoms with Crippen molar-refractivity contribution in [3.63, 3.8) is 0 Å². The van der Waals surface area contributed by atoms with Gasteiger partial charge in [-0.25, -0.2) is 9.37 Å². The molecule has 1 aromatic carbocycles. The van der Waals surface area contributed by atoms with E-state index in [0.717, 1.165) is 17.0 Å². The highest BCUT2D eigenvalue weighted by Crippen LogP contribution is 2.23. The molecule has 0 aliphatic carbocycles. The molecule has 0 spiro atoms. The predicted molar refractivity (Wildman–Crippen MR) is 64.1 cm³/mol. The van der Waals surface area contributed by atoms with Crippen LogP contribution >= 0.6 is 0 Å². The van der Waals surface area contributed by atoms with Gasteiger partial charge < -0.3 is 10.2 Å². The predicted octanol–water partition coefficient (Wildman–Crippen LogP) is 2.60. The van der Waals surface area contributed by atoms with Gasteiger partial charge in [-0.1, -0.05) is 0 Å². The highest BCUT2D eigenvalue weighted by atomic mass is 19.1. The lowest BCUT2D eigenvalue weighted by atomic mass is 10.1. The van der Waals surface area contributed by atoms with E-state index in [4.69, 9.17) is 10.2 Å². The Morgan fingerprint density at radius 1 is 1.35 bits per heavy atom. The lowest BCUT2D eigenvalue weighted by molar-refractivity contribution is 0.539. The molecule has 0 radical (unpaired) electrons. The number of nitrogens with two attached hydrogens (primary N) is 1. The zero-order valence-electron chi connectivity index (χ0n) is 9.96. The van der Waals surface area contributed by atoms with Crippen LogP contribution in [-0.2, 0) is 6.42 Å². The lowest BCUT2D eigenvalue weighted by Gasteiger charge is -1.98. The minimum atomic E-state index is -0.223. The number of hydrogen-bond donors (Lipinski definition) is 1. The Labute approximate surface area is 99.5 Å². The maximum Gasteiger partial charge on any atom is 0.226 e. The minimum Gasteiger partial charge on any atom is -0.441 e. The fourth-order valence-electron chi connectivity index (χ4n) is 1.70. The molecule has 2 N–H and O–H groups in total. The van der Waals surface area contributed by atoms with Crippen molar-refractivity contribution < 1.29 is 8.81 Å². The molecule has 17 heavy (non-hydrogen) atoms. The second-order valence-electron chi connectivity index (χ2n) is 4.02. The standard InChI is InChI=1S/C13H15FN2O/c1-8-7-10(3-4-11(8)14)13-16-12(5-6-15)9(2)17-13/h3-4,7H,5-6,15H2,1-2H3. The molecule has 1 heterocycles. The summed E-state index contributed by atoms with van der Waals surface area (Å²) in [4.78, 5) is 4.37. The number of nitrogens with zero attached hydrogens (tertiary/aromatic N) is 1. The van der Waals surface area contributed by atoms with Crippen molar-refractivity contribution in [3.05, 3.63) is 41.0 Å². The first-order valence-corrected chi connectivity index (χ1v) is 5.54. The van der Waals surface area contributed by atoms with Gasteiger partial charge in [-0.05, 0) is 44.2 Å². The second kappa shape index (κ2) is 4.67. The van der Waals surface area contributed by atoms with Gasteiger partial charge in [0.2, 0.25) is 5.89 Å². The summed E-state index contributed by atoms with van der Waals surface area (Å²) in [5.74, 6) is 1.07. The molecule has 0 saturated carbocycles. The Morgan fingerprint density at radius 2 is 2.12 bits per heavy atom. The summed E-state index contributed by atoms with van der Waals surface area (Å²) in [5, 5.41) is 0. The van der Waals surface area contributed by atoms with E-state index in [9.17, 15) is 4.39 Å². The number of benzene rings is 1. The van der Waals surface area contributed by atoms with Gasteiger partial charge in [-0.2, -0.15) is 0 Å². The molecule has 2 rings (SSSR count). The summed E-state index contributed by atoms with van der Waals surface area (Å²) in [5.41, 5.74) is 7.72. The smallest absolute Gasteiger partial charge is 0.226 e. The van der Waals surface area contributed by atoms with Crippen LogP contribution in [0.4, 0.5) is 4.39 Å². The van der Waals surface area contributed by atoms with E-state index in [1.54, 1.807) is 19.1 Å². The summed E-state index contributed by atoms with van der Waals surface area (Å²) >= 11 is 0. The van der Waals surface area contributed by atoms with Gasteiger partial charge in [-0.3, -0.25) is 0 Å². The average Bonchev–Trinajstić information content (AvgIpc) is 2.65. The quantitative estimate of drug-likeness (QED) is 0.888. The first-order chi connectivity index (χ1) is 8.11. The molecule has 0 fully saturated rings. The van der Waals surface area contributed by atoms with Crippen LogP contribution in [0.5, 0.6) is 0 Å². The normalized spacial score (nSPS) is 10.8. The van der Waals surface area contributed by atoms with E-state index in [-0.39, 0.29) is 5.82 Å². The van der Waals surface area contributed by atoms with Crippen LogP contribution in [0.2, 0.25) is 0 Å². The fourth-order valence-corrected chi connectivity index (χ4v) is 1.70. The van der Waals surface area contributed by atoms with Crippen molar-refractivity contribution in [2.45, 2.75) is 20.3 Å². The highest BCUT2D eigenvalue weighted by Gasteiger charge is 2.11. The Bertz CT molecular complexity index is 534. The van der Waals surface area contributed by atoms with Crippen LogP contribution in [0.25, 0.3) is 11.5 Å². The van der Waals surface area contributed by atoms with Crippen molar-refractivity contribution in [2.24, 2.45) is 5.73 Å². The van der Waals surface area contributed by atoms with Crippen LogP contribution in [0, 0.1) is 19.7 Å². The number of aryl methyl sites for hydroxylation is 2. The van der Waals surface area contributed by atoms with E-state index in [0.29, 0.717) is 24.4 Å². The van der Waals surface area contributed by atoms with E-state index >= 15 is 0 Å². The molecule has 3 nitrogen and oxygen atoms in total. The van der Waals surface area contributed by atoms with Gasteiger partial charge in [0.1, 0.15) is 11.6 Å². The summed E-state index contributed by atoms with van der Waals surface area (Å²) in [6.07, 6.45) is 0.690. The van der Waals surface area contributed by atoms with Crippen molar-refractivity contribution in [3.8, 4) is 11.5 Å². The summed E-state index contributed by atoms with van der Waals surface area (Å²) in [7, 11) is 0. The first-order valence-electron chi connectivity index (χ1n) is 5.54. The third-order valence-electron chi connectivity index (χ3n) is 2.68. The zero-order valence-corrected chi connectivity index (χ0v) is 9.96.